The molecule has 0 heterocycles. The normalized spacial score (nSPS) is 13.7. The lowest BCUT2D eigenvalue weighted by Crippen LogP contribution is -2.20. The minimum Gasteiger partial charge on any atom is -0.494 e. The Balaban J connectivity index is 2.04. The van der Waals surface area contributed by atoms with Crippen molar-refractivity contribution in [2.75, 3.05) is 6.61 Å². The standard InChI is InChI=1S/C20H24ClNO4/c1-2-26-19-6-3-14(4-7-19)9-16-10-15(5-8-20(16)21)11-17(23)12-18(24)13-22-25/h3-8,10,13,17-18,23-25H,2,9,11-12H2,1H3/b22-13+. The van der Waals surface area contributed by atoms with E-state index in [1.54, 1.807) is 0 Å². The summed E-state index contributed by atoms with van der Waals surface area (Å²) in [5.74, 6) is 0.837. The summed E-state index contributed by atoms with van der Waals surface area (Å²) >= 11 is 6.32. The summed E-state index contributed by atoms with van der Waals surface area (Å²) in [5, 5.41) is 31.5. The molecule has 0 aliphatic rings. The number of aliphatic hydroxyl groups is 2. The quantitative estimate of drug-likeness (QED) is 0.355. The first-order valence-electron chi connectivity index (χ1n) is 8.54. The molecule has 0 radical (unpaired) electrons. The number of halogens is 1. The smallest absolute Gasteiger partial charge is 0.119 e. The highest BCUT2D eigenvalue weighted by molar-refractivity contribution is 6.31. The van der Waals surface area contributed by atoms with Gasteiger partial charge in [0.25, 0.3) is 0 Å². The lowest BCUT2D eigenvalue weighted by Gasteiger charge is -2.14. The number of nitrogens with zero attached hydrogens (tertiary/aromatic N) is 1. The lowest BCUT2D eigenvalue weighted by atomic mass is 9.98. The van der Waals surface area contributed by atoms with Gasteiger partial charge in [0.2, 0.25) is 0 Å². The molecule has 0 spiro atoms. The third kappa shape index (κ3) is 6.33. The topological polar surface area (TPSA) is 82.3 Å². The van der Waals surface area contributed by atoms with E-state index >= 15 is 0 Å². The molecule has 2 aromatic carbocycles. The van der Waals surface area contributed by atoms with Crippen LogP contribution in [0, 0.1) is 0 Å². The Morgan fingerprint density at radius 1 is 1.12 bits per heavy atom. The van der Waals surface area contributed by atoms with Gasteiger partial charge in [0.05, 0.1) is 25.0 Å². The number of ether oxygens (including phenoxy) is 1. The molecule has 0 saturated heterocycles. The van der Waals surface area contributed by atoms with Crippen LogP contribution in [0.25, 0.3) is 0 Å². The fourth-order valence-electron chi connectivity index (χ4n) is 2.75. The first-order chi connectivity index (χ1) is 12.5. The average Bonchev–Trinajstić information content (AvgIpc) is 2.60. The highest BCUT2D eigenvalue weighted by Gasteiger charge is 2.12. The van der Waals surface area contributed by atoms with Crippen LogP contribution >= 0.6 is 11.6 Å². The first kappa shape index (κ1) is 20.2. The predicted molar refractivity (Wildman–Crippen MR) is 102 cm³/mol. The molecule has 0 saturated carbocycles. The van der Waals surface area contributed by atoms with Crippen LogP contribution in [-0.4, -0.2) is 40.4 Å². The van der Waals surface area contributed by atoms with Gasteiger partial charge in [-0.05, 0) is 54.7 Å². The maximum Gasteiger partial charge on any atom is 0.119 e. The summed E-state index contributed by atoms with van der Waals surface area (Å²) in [5.41, 5.74) is 3.01. The Kier molecular flexibility index (Phi) is 7.91. The summed E-state index contributed by atoms with van der Waals surface area (Å²) in [6, 6.07) is 13.5. The maximum atomic E-state index is 10.1. The van der Waals surface area contributed by atoms with Crippen molar-refractivity contribution in [2.45, 2.75) is 38.4 Å². The van der Waals surface area contributed by atoms with Gasteiger partial charge in [-0.25, -0.2) is 0 Å². The zero-order valence-electron chi connectivity index (χ0n) is 14.7. The molecule has 3 N–H and O–H groups in total. The Morgan fingerprint density at radius 3 is 2.46 bits per heavy atom. The predicted octanol–water partition coefficient (Wildman–Crippen LogP) is 3.44. The van der Waals surface area contributed by atoms with Crippen molar-refractivity contribution in [3.63, 3.8) is 0 Å². The number of oxime groups is 1. The highest BCUT2D eigenvalue weighted by atomic mass is 35.5. The second-order valence-corrected chi connectivity index (χ2v) is 6.51. The molecule has 0 fully saturated rings. The van der Waals surface area contributed by atoms with Gasteiger partial charge in [0.1, 0.15) is 5.75 Å². The van der Waals surface area contributed by atoms with Crippen LogP contribution in [0.15, 0.2) is 47.6 Å². The van der Waals surface area contributed by atoms with Crippen LogP contribution in [0.4, 0.5) is 0 Å². The molecule has 0 amide bonds. The zero-order valence-corrected chi connectivity index (χ0v) is 15.4. The number of aliphatic hydroxyl groups excluding tert-OH is 2. The summed E-state index contributed by atoms with van der Waals surface area (Å²) in [4.78, 5) is 0. The Bertz CT molecular complexity index is 718. The van der Waals surface area contributed by atoms with Crippen molar-refractivity contribution in [3.05, 3.63) is 64.2 Å². The summed E-state index contributed by atoms with van der Waals surface area (Å²) in [6.45, 7) is 2.58. The second kappa shape index (κ2) is 10.2. The van der Waals surface area contributed by atoms with E-state index in [1.165, 1.54) is 0 Å². The number of hydrogen-bond acceptors (Lipinski definition) is 5. The van der Waals surface area contributed by atoms with Crippen LogP contribution in [0.1, 0.15) is 30.0 Å². The summed E-state index contributed by atoms with van der Waals surface area (Å²) < 4.78 is 5.45. The molecule has 0 aliphatic heterocycles. The van der Waals surface area contributed by atoms with Gasteiger partial charge in [-0.2, -0.15) is 0 Å². The van der Waals surface area contributed by atoms with Gasteiger partial charge >= 0.3 is 0 Å². The molecule has 0 aliphatic carbocycles. The number of rotatable bonds is 9. The third-order valence-corrected chi connectivity index (χ3v) is 4.33. The molecule has 2 rings (SSSR count). The highest BCUT2D eigenvalue weighted by Crippen LogP contribution is 2.23. The van der Waals surface area contributed by atoms with Crippen molar-refractivity contribution >= 4 is 17.8 Å². The first-order valence-corrected chi connectivity index (χ1v) is 8.92. The monoisotopic (exact) mass is 377 g/mol. The molecular weight excluding hydrogens is 354 g/mol. The fourth-order valence-corrected chi connectivity index (χ4v) is 2.94. The van der Waals surface area contributed by atoms with E-state index in [-0.39, 0.29) is 6.42 Å². The average molecular weight is 378 g/mol. The van der Waals surface area contributed by atoms with E-state index in [0.29, 0.717) is 24.5 Å². The van der Waals surface area contributed by atoms with E-state index in [2.05, 4.69) is 5.16 Å². The molecule has 0 aromatic heterocycles. The van der Waals surface area contributed by atoms with Gasteiger partial charge in [-0.1, -0.05) is 41.0 Å². The van der Waals surface area contributed by atoms with Crippen LogP contribution in [-0.2, 0) is 12.8 Å². The molecular formula is C20H24ClNO4. The SMILES string of the molecule is CCOc1ccc(Cc2cc(CC(O)CC(O)/C=N/O)ccc2Cl)cc1. The Hall–Kier alpha value is -2.08. The molecule has 6 heteroatoms. The van der Waals surface area contributed by atoms with Gasteiger partial charge in [-0.15, -0.1) is 0 Å². The van der Waals surface area contributed by atoms with Gasteiger partial charge < -0.3 is 20.2 Å². The molecule has 2 atom stereocenters. The van der Waals surface area contributed by atoms with Crippen LogP contribution in [0.2, 0.25) is 5.02 Å². The molecule has 2 aromatic rings. The van der Waals surface area contributed by atoms with E-state index in [0.717, 1.165) is 28.7 Å². The minimum absolute atomic E-state index is 0.0981. The summed E-state index contributed by atoms with van der Waals surface area (Å²) in [6.07, 6.45) is 0.412. The molecule has 5 nitrogen and oxygen atoms in total. The Labute approximate surface area is 158 Å². The maximum absolute atomic E-state index is 10.1. The van der Waals surface area contributed by atoms with Gasteiger partial charge in [0.15, 0.2) is 0 Å². The van der Waals surface area contributed by atoms with Crippen molar-refractivity contribution in [1.82, 2.24) is 0 Å². The number of benzene rings is 2. The lowest BCUT2D eigenvalue weighted by molar-refractivity contribution is 0.113. The largest absolute Gasteiger partial charge is 0.494 e. The van der Waals surface area contributed by atoms with Crippen molar-refractivity contribution in [2.24, 2.45) is 5.16 Å². The zero-order chi connectivity index (χ0) is 18.9. The second-order valence-electron chi connectivity index (χ2n) is 6.11. The fraction of sp³-hybridized carbons (Fsp3) is 0.350. The molecule has 2 unspecified atom stereocenters. The third-order valence-electron chi connectivity index (χ3n) is 3.96. The van der Waals surface area contributed by atoms with Crippen LogP contribution in [0.3, 0.4) is 0 Å². The molecule has 140 valence electrons. The van der Waals surface area contributed by atoms with Crippen molar-refractivity contribution < 1.29 is 20.2 Å². The van der Waals surface area contributed by atoms with E-state index in [1.807, 2.05) is 49.4 Å². The van der Waals surface area contributed by atoms with E-state index in [4.69, 9.17) is 21.5 Å². The Morgan fingerprint density at radius 2 is 1.81 bits per heavy atom. The number of hydrogen-bond donors (Lipinski definition) is 3. The van der Waals surface area contributed by atoms with Crippen molar-refractivity contribution in [1.29, 1.82) is 0 Å². The van der Waals surface area contributed by atoms with Crippen LogP contribution in [0.5, 0.6) is 5.75 Å². The molecule has 26 heavy (non-hydrogen) atoms. The molecule has 0 bridgehead atoms. The van der Waals surface area contributed by atoms with Crippen molar-refractivity contribution in [3.8, 4) is 5.75 Å². The van der Waals surface area contributed by atoms with Gasteiger partial charge in [0, 0.05) is 11.4 Å². The van der Waals surface area contributed by atoms with Crippen LogP contribution < -0.4 is 4.74 Å². The minimum atomic E-state index is -0.981. The summed E-state index contributed by atoms with van der Waals surface area (Å²) in [7, 11) is 0. The van der Waals surface area contributed by atoms with E-state index in [9.17, 15) is 10.2 Å². The van der Waals surface area contributed by atoms with Gasteiger partial charge in [-0.3, -0.25) is 0 Å². The van der Waals surface area contributed by atoms with E-state index < -0.39 is 12.2 Å².